The van der Waals surface area contributed by atoms with Crippen molar-refractivity contribution in [3.8, 4) is 28.5 Å². The van der Waals surface area contributed by atoms with Gasteiger partial charge in [-0.1, -0.05) is 0 Å². The van der Waals surface area contributed by atoms with Gasteiger partial charge < -0.3 is 18.8 Å². The molecule has 3 heterocycles. The fourth-order valence-electron chi connectivity index (χ4n) is 3.70. The maximum atomic E-state index is 5.87. The lowest BCUT2D eigenvalue weighted by Crippen LogP contribution is -2.16. The van der Waals surface area contributed by atoms with Crippen LogP contribution >= 0.6 is 0 Å². The van der Waals surface area contributed by atoms with Crippen LogP contribution in [-0.2, 0) is 6.54 Å². The number of rotatable bonds is 5. The van der Waals surface area contributed by atoms with Gasteiger partial charge in [0.1, 0.15) is 5.75 Å². The van der Waals surface area contributed by atoms with Crippen LogP contribution in [0.5, 0.6) is 17.2 Å². The van der Waals surface area contributed by atoms with Crippen molar-refractivity contribution in [3.05, 3.63) is 42.1 Å². The van der Waals surface area contributed by atoms with Crippen molar-refractivity contribution in [2.24, 2.45) is 0 Å². The molecule has 1 aromatic carbocycles. The molecule has 0 saturated carbocycles. The fourth-order valence-corrected chi connectivity index (χ4v) is 3.70. The third-order valence-electron chi connectivity index (χ3n) is 4.98. The molecule has 1 atom stereocenters. The number of nitrogens with zero attached hydrogens (tertiary/aromatic N) is 4. The standard InChI is InChI=1S/C21H26N4O3/c1-14-8-15(2)25(23-14)16(3)12-24-13-22-11-18(24)17-9-20-21(10-19(17)26-4)28-7-5-6-27-20/h8-11,13,16H,5-7,12H2,1-4H3. The van der Waals surface area contributed by atoms with E-state index in [0.717, 1.165) is 52.9 Å². The molecule has 0 fully saturated rings. The highest BCUT2D eigenvalue weighted by Gasteiger charge is 2.20. The van der Waals surface area contributed by atoms with E-state index in [9.17, 15) is 0 Å². The third-order valence-corrected chi connectivity index (χ3v) is 4.98. The molecule has 0 spiro atoms. The quantitative estimate of drug-likeness (QED) is 0.672. The number of hydrogen-bond acceptors (Lipinski definition) is 5. The number of fused-ring (bicyclic) bond motifs is 1. The van der Waals surface area contributed by atoms with Gasteiger partial charge in [0, 0.05) is 30.3 Å². The summed E-state index contributed by atoms with van der Waals surface area (Å²) in [6.07, 6.45) is 4.57. The predicted octanol–water partition coefficient (Wildman–Crippen LogP) is 3.79. The fraction of sp³-hybridized carbons (Fsp3) is 0.429. The molecule has 0 radical (unpaired) electrons. The van der Waals surface area contributed by atoms with Gasteiger partial charge in [-0.05, 0) is 32.9 Å². The number of imidazole rings is 1. The van der Waals surface area contributed by atoms with E-state index in [0.29, 0.717) is 13.2 Å². The summed E-state index contributed by atoms with van der Waals surface area (Å²) in [6.45, 7) is 8.30. The average molecular weight is 382 g/mol. The Balaban J connectivity index is 1.69. The Morgan fingerprint density at radius 1 is 1.14 bits per heavy atom. The van der Waals surface area contributed by atoms with Crippen LogP contribution in [0, 0.1) is 13.8 Å². The van der Waals surface area contributed by atoms with Crippen LogP contribution in [0.2, 0.25) is 0 Å². The Morgan fingerprint density at radius 3 is 2.57 bits per heavy atom. The maximum Gasteiger partial charge on any atom is 0.164 e. The van der Waals surface area contributed by atoms with Crippen molar-refractivity contribution in [2.45, 2.75) is 39.8 Å². The Labute approximate surface area is 164 Å². The summed E-state index contributed by atoms with van der Waals surface area (Å²) in [6, 6.07) is 6.17. The lowest BCUT2D eigenvalue weighted by molar-refractivity contribution is 0.296. The molecule has 0 saturated heterocycles. The molecular weight excluding hydrogens is 356 g/mol. The van der Waals surface area contributed by atoms with Gasteiger partial charge in [0.25, 0.3) is 0 Å². The Morgan fingerprint density at radius 2 is 1.89 bits per heavy atom. The van der Waals surface area contributed by atoms with Crippen LogP contribution in [0.4, 0.5) is 0 Å². The summed E-state index contributed by atoms with van der Waals surface area (Å²) in [4.78, 5) is 4.38. The summed E-state index contributed by atoms with van der Waals surface area (Å²) in [7, 11) is 1.67. The number of aryl methyl sites for hydroxylation is 2. The Bertz CT molecular complexity index is 976. The van der Waals surface area contributed by atoms with Crippen molar-refractivity contribution in [1.82, 2.24) is 19.3 Å². The third kappa shape index (κ3) is 3.44. The van der Waals surface area contributed by atoms with Crippen LogP contribution in [0.1, 0.15) is 30.8 Å². The summed E-state index contributed by atoms with van der Waals surface area (Å²) < 4.78 is 21.5. The number of benzene rings is 1. The highest BCUT2D eigenvalue weighted by molar-refractivity contribution is 5.72. The highest BCUT2D eigenvalue weighted by Crippen LogP contribution is 2.41. The molecule has 3 aromatic rings. The SMILES string of the molecule is COc1cc2c(cc1-c1cncn1CC(C)n1nc(C)cc1C)OCCCO2. The van der Waals surface area contributed by atoms with Crippen LogP contribution < -0.4 is 14.2 Å². The van der Waals surface area contributed by atoms with Crippen molar-refractivity contribution < 1.29 is 14.2 Å². The molecule has 1 aliphatic heterocycles. The molecule has 0 amide bonds. The van der Waals surface area contributed by atoms with E-state index in [1.54, 1.807) is 7.11 Å². The van der Waals surface area contributed by atoms with E-state index in [-0.39, 0.29) is 6.04 Å². The largest absolute Gasteiger partial charge is 0.496 e. The van der Waals surface area contributed by atoms with E-state index in [2.05, 4.69) is 39.2 Å². The van der Waals surface area contributed by atoms with E-state index >= 15 is 0 Å². The highest BCUT2D eigenvalue weighted by atomic mass is 16.5. The van der Waals surface area contributed by atoms with Gasteiger partial charge in [-0.3, -0.25) is 4.68 Å². The zero-order chi connectivity index (χ0) is 19.7. The minimum Gasteiger partial charge on any atom is -0.496 e. The first-order chi connectivity index (χ1) is 13.6. The smallest absolute Gasteiger partial charge is 0.164 e. The second kappa shape index (κ2) is 7.58. The van der Waals surface area contributed by atoms with Crippen LogP contribution in [0.15, 0.2) is 30.7 Å². The second-order valence-corrected chi connectivity index (χ2v) is 7.20. The predicted molar refractivity (Wildman–Crippen MR) is 106 cm³/mol. The molecule has 7 heteroatoms. The van der Waals surface area contributed by atoms with E-state index in [1.165, 1.54) is 0 Å². The zero-order valence-electron chi connectivity index (χ0n) is 16.8. The first-order valence-electron chi connectivity index (χ1n) is 9.57. The van der Waals surface area contributed by atoms with Gasteiger partial charge in [0.2, 0.25) is 0 Å². The normalized spacial score (nSPS) is 14.6. The molecule has 1 unspecified atom stereocenters. The minimum atomic E-state index is 0.188. The first-order valence-corrected chi connectivity index (χ1v) is 9.57. The lowest BCUT2D eigenvalue weighted by atomic mass is 10.1. The van der Waals surface area contributed by atoms with Gasteiger partial charge in [0.15, 0.2) is 11.5 Å². The number of aromatic nitrogens is 4. The monoisotopic (exact) mass is 382 g/mol. The van der Waals surface area contributed by atoms with Gasteiger partial charge in [0.05, 0.1) is 50.3 Å². The average Bonchev–Trinajstić information content (AvgIpc) is 3.19. The topological polar surface area (TPSA) is 63.3 Å². The molecule has 7 nitrogen and oxygen atoms in total. The Kier molecular flexibility index (Phi) is 4.98. The van der Waals surface area contributed by atoms with Gasteiger partial charge in [-0.2, -0.15) is 5.10 Å². The van der Waals surface area contributed by atoms with Crippen LogP contribution in [-0.4, -0.2) is 39.7 Å². The van der Waals surface area contributed by atoms with Crippen LogP contribution in [0.3, 0.4) is 0 Å². The van der Waals surface area contributed by atoms with E-state index < -0.39 is 0 Å². The minimum absolute atomic E-state index is 0.188. The summed E-state index contributed by atoms with van der Waals surface area (Å²) in [5.74, 6) is 2.21. The van der Waals surface area contributed by atoms with Gasteiger partial charge >= 0.3 is 0 Å². The van der Waals surface area contributed by atoms with Gasteiger partial charge in [-0.25, -0.2) is 4.98 Å². The summed E-state index contributed by atoms with van der Waals surface area (Å²) in [5.41, 5.74) is 4.09. The summed E-state index contributed by atoms with van der Waals surface area (Å²) >= 11 is 0. The molecular formula is C21H26N4O3. The van der Waals surface area contributed by atoms with E-state index in [1.807, 2.05) is 31.6 Å². The van der Waals surface area contributed by atoms with Crippen molar-refractivity contribution in [3.63, 3.8) is 0 Å². The van der Waals surface area contributed by atoms with Crippen LogP contribution in [0.25, 0.3) is 11.3 Å². The molecule has 0 N–H and O–H groups in total. The van der Waals surface area contributed by atoms with Gasteiger partial charge in [-0.15, -0.1) is 0 Å². The summed E-state index contributed by atoms with van der Waals surface area (Å²) in [5, 5.41) is 4.62. The lowest BCUT2D eigenvalue weighted by Gasteiger charge is -2.19. The van der Waals surface area contributed by atoms with Crippen molar-refractivity contribution in [1.29, 1.82) is 0 Å². The second-order valence-electron chi connectivity index (χ2n) is 7.20. The van der Waals surface area contributed by atoms with Crippen molar-refractivity contribution in [2.75, 3.05) is 20.3 Å². The molecule has 0 aliphatic carbocycles. The van der Waals surface area contributed by atoms with E-state index in [4.69, 9.17) is 14.2 Å². The number of ether oxygens (including phenoxy) is 3. The molecule has 2 aromatic heterocycles. The molecule has 148 valence electrons. The van der Waals surface area contributed by atoms with Crippen molar-refractivity contribution >= 4 is 0 Å². The molecule has 0 bridgehead atoms. The molecule has 28 heavy (non-hydrogen) atoms. The Hall–Kier alpha value is -2.96. The number of hydrogen-bond donors (Lipinski definition) is 0. The molecule has 1 aliphatic rings. The number of methoxy groups -OCH3 is 1. The maximum absolute atomic E-state index is 5.87. The zero-order valence-corrected chi connectivity index (χ0v) is 16.8. The molecule has 4 rings (SSSR count). The first kappa shape index (κ1) is 18.4.